The van der Waals surface area contributed by atoms with Crippen molar-refractivity contribution < 1.29 is 4.79 Å². The maximum absolute atomic E-state index is 12.7. The Morgan fingerprint density at radius 2 is 2.00 bits per heavy atom. The van der Waals surface area contributed by atoms with Crippen LogP contribution in [0.2, 0.25) is 0 Å². The quantitative estimate of drug-likeness (QED) is 0.703. The third kappa shape index (κ3) is 3.96. The van der Waals surface area contributed by atoms with Crippen molar-refractivity contribution >= 4 is 11.6 Å². The standard InChI is InChI=1S/C19H29NO/c1-8-11-14(3)16-13-10-12-15(9-2)17(16)20(7)18(21)19(4,5)6/h8,10,12-14H,1,9,11H2,2-7H3/t14-/m1/s1. The van der Waals surface area contributed by atoms with Crippen LogP contribution in [0.1, 0.15) is 58.1 Å². The number of carbonyl (C=O) groups excluding carboxylic acids is 1. The van der Waals surface area contributed by atoms with E-state index < -0.39 is 0 Å². The maximum Gasteiger partial charge on any atom is 0.232 e. The molecular weight excluding hydrogens is 258 g/mol. The number of anilines is 1. The van der Waals surface area contributed by atoms with Crippen LogP contribution in [-0.2, 0) is 11.2 Å². The lowest BCUT2D eigenvalue weighted by Gasteiger charge is -2.31. The molecule has 1 aromatic rings. The summed E-state index contributed by atoms with van der Waals surface area (Å²) in [6.07, 6.45) is 3.78. The van der Waals surface area contributed by atoms with Crippen LogP contribution in [0.25, 0.3) is 0 Å². The summed E-state index contributed by atoms with van der Waals surface area (Å²) in [6, 6.07) is 6.34. The zero-order valence-electron chi connectivity index (χ0n) is 14.4. The van der Waals surface area contributed by atoms with E-state index in [1.807, 2.05) is 38.8 Å². The fraction of sp³-hybridized carbons (Fsp3) is 0.526. The average Bonchev–Trinajstić information content (AvgIpc) is 2.44. The van der Waals surface area contributed by atoms with Crippen LogP contribution in [0.5, 0.6) is 0 Å². The Kier molecular flexibility index (Phi) is 5.77. The van der Waals surface area contributed by atoms with Gasteiger partial charge < -0.3 is 4.90 Å². The summed E-state index contributed by atoms with van der Waals surface area (Å²) < 4.78 is 0. The monoisotopic (exact) mass is 287 g/mol. The number of nitrogens with zero attached hydrogens (tertiary/aromatic N) is 1. The van der Waals surface area contributed by atoms with Crippen LogP contribution in [0, 0.1) is 5.41 Å². The molecule has 0 aliphatic heterocycles. The molecule has 0 aliphatic rings. The van der Waals surface area contributed by atoms with Crippen molar-refractivity contribution in [2.24, 2.45) is 5.41 Å². The SMILES string of the molecule is C=CC[C@@H](C)c1cccc(CC)c1N(C)C(=O)C(C)(C)C. The second-order valence-corrected chi connectivity index (χ2v) is 6.75. The Balaban J connectivity index is 3.37. The minimum atomic E-state index is -0.380. The number of para-hydroxylation sites is 1. The second kappa shape index (κ2) is 6.93. The maximum atomic E-state index is 12.7. The predicted molar refractivity (Wildman–Crippen MR) is 91.9 cm³/mol. The van der Waals surface area contributed by atoms with Crippen molar-refractivity contribution in [2.75, 3.05) is 11.9 Å². The van der Waals surface area contributed by atoms with E-state index in [4.69, 9.17) is 0 Å². The first-order valence-electron chi connectivity index (χ1n) is 7.74. The average molecular weight is 287 g/mol. The summed E-state index contributed by atoms with van der Waals surface area (Å²) in [5.41, 5.74) is 3.15. The number of carbonyl (C=O) groups is 1. The van der Waals surface area contributed by atoms with Crippen molar-refractivity contribution in [3.05, 3.63) is 42.0 Å². The summed E-state index contributed by atoms with van der Waals surface area (Å²) in [7, 11) is 1.90. The first kappa shape index (κ1) is 17.5. The molecule has 0 heterocycles. The predicted octanol–water partition coefficient (Wildman–Crippen LogP) is 4.94. The third-order valence-corrected chi connectivity index (χ3v) is 3.86. The number of hydrogen-bond donors (Lipinski definition) is 0. The van der Waals surface area contributed by atoms with Crippen molar-refractivity contribution in [2.45, 2.75) is 53.4 Å². The fourth-order valence-corrected chi connectivity index (χ4v) is 2.68. The highest BCUT2D eigenvalue weighted by Crippen LogP contribution is 2.34. The summed E-state index contributed by atoms with van der Waals surface area (Å²) in [6.45, 7) is 14.1. The summed E-state index contributed by atoms with van der Waals surface area (Å²) in [5, 5.41) is 0. The molecule has 2 nitrogen and oxygen atoms in total. The van der Waals surface area contributed by atoms with Crippen LogP contribution in [0.4, 0.5) is 5.69 Å². The number of hydrogen-bond acceptors (Lipinski definition) is 1. The van der Waals surface area contributed by atoms with E-state index in [0.29, 0.717) is 5.92 Å². The van der Waals surface area contributed by atoms with Crippen LogP contribution < -0.4 is 4.90 Å². The van der Waals surface area contributed by atoms with Gasteiger partial charge in [-0.3, -0.25) is 4.79 Å². The summed E-state index contributed by atoms with van der Waals surface area (Å²) in [4.78, 5) is 14.5. The highest BCUT2D eigenvalue weighted by atomic mass is 16.2. The third-order valence-electron chi connectivity index (χ3n) is 3.86. The van der Waals surface area contributed by atoms with E-state index in [0.717, 1.165) is 18.5 Å². The molecule has 0 fully saturated rings. The Hall–Kier alpha value is -1.57. The van der Waals surface area contributed by atoms with Crippen molar-refractivity contribution in [3.63, 3.8) is 0 Å². The van der Waals surface area contributed by atoms with E-state index in [2.05, 4.69) is 38.6 Å². The molecule has 1 rings (SSSR count). The van der Waals surface area contributed by atoms with Crippen molar-refractivity contribution in [1.82, 2.24) is 0 Å². The van der Waals surface area contributed by atoms with E-state index in [-0.39, 0.29) is 11.3 Å². The summed E-state index contributed by atoms with van der Waals surface area (Å²) in [5.74, 6) is 0.509. The zero-order valence-corrected chi connectivity index (χ0v) is 14.4. The van der Waals surface area contributed by atoms with Gasteiger partial charge in [0.1, 0.15) is 0 Å². The molecule has 0 bridgehead atoms. The number of amides is 1. The molecule has 0 saturated heterocycles. The second-order valence-electron chi connectivity index (χ2n) is 6.75. The Labute approximate surface area is 129 Å². The van der Waals surface area contributed by atoms with E-state index in [9.17, 15) is 4.79 Å². The summed E-state index contributed by atoms with van der Waals surface area (Å²) >= 11 is 0. The minimum absolute atomic E-state index is 0.149. The van der Waals surface area contributed by atoms with Gasteiger partial charge >= 0.3 is 0 Å². The molecule has 0 spiro atoms. The number of benzene rings is 1. The number of aryl methyl sites for hydroxylation is 1. The van der Waals surface area contributed by atoms with Gasteiger partial charge in [0.25, 0.3) is 0 Å². The van der Waals surface area contributed by atoms with Gasteiger partial charge in [0.2, 0.25) is 5.91 Å². The zero-order chi connectivity index (χ0) is 16.2. The Morgan fingerprint density at radius 3 is 2.48 bits per heavy atom. The molecule has 1 amide bonds. The lowest BCUT2D eigenvalue weighted by Crippen LogP contribution is -2.37. The van der Waals surface area contributed by atoms with Crippen LogP contribution in [-0.4, -0.2) is 13.0 Å². The van der Waals surface area contributed by atoms with E-state index >= 15 is 0 Å². The lowest BCUT2D eigenvalue weighted by molar-refractivity contribution is -0.125. The van der Waals surface area contributed by atoms with E-state index in [1.54, 1.807) is 0 Å². The smallest absolute Gasteiger partial charge is 0.232 e. The Morgan fingerprint density at radius 1 is 1.38 bits per heavy atom. The minimum Gasteiger partial charge on any atom is -0.314 e. The highest BCUT2D eigenvalue weighted by Gasteiger charge is 2.28. The van der Waals surface area contributed by atoms with Gasteiger partial charge in [-0.1, -0.05) is 58.9 Å². The largest absolute Gasteiger partial charge is 0.314 e. The van der Waals surface area contributed by atoms with Crippen molar-refractivity contribution in [3.8, 4) is 0 Å². The first-order valence-corrected chi connectivity index (χ1v) is 7.74. The van der Waals surface area contributed by atoms with Crippen LogP contribution >= 0.6 is 0 Å². The molecule has 21 heavy (non-hydrogen) atoms. The molecule has 0 aliphatic carbocycles. The topological polar surface area (TPSA) is 20.3 Å². The molecule has 1 atom stereocenters. The van der Waals surface area contributed by atoms with Crippen LogP contribution in [0.15, 0.2) is 30.9 Å². The molecule has 0 N–H and O–H groups in total. The molecule has 0 aromatic heterocycles. The molecule has 0 saturated carbocycles. The number of allylic oxidation sites excluding steroid dienone is 1. The van der Waals surface area contributed by atoms with Crippen molar-refractivity contribution in [1.29, 1.82) is 0 Å². The molecule has 0 radical (unpaired) electrons. The molecule has 1 aromatic carbocycles. The lowest BCUT2D eigenvalue weighted by atomic mass is 9.90. The fourth-order valence-electron chi connectivity index (χ4n) is 2.68. The van der Waals surface area contributed by atoms with Gasteiger partial charge in [-0.05, 0) is 29.9 Å². The molecule has 116 valence electrons. The first-order chi connectivity index (χ1) is 9.73. The number of rotatable bonds is 5. The van der Waals surface area contributed by atoms with Gasteiger partial charge in [0.15, 0.2) is 0 Å². The molecule has 2 heteroatoms. The highest BCUT2D eigenvalue weighted by molar-refractivity contribution is 5.97. The van der Waals surface area contributed by atoms with Gasteiger partial charge in [-0.25, -0.2) is 0 Å². The molecule has 0 unspecified atom stereocenters. The van der Waals surface area contributed by atoms with Gasteiger partial charge in [-0.15, -0.1) is 6.58 Å². The normalized spacial score (nSPS) is 12.9. The van der Waals surface area contributed by atoms with E-state index in [1.165, 1.54) is 11.1 Å². The molecular formula is C19H29NO. The van der Waals surface area contributed by atoms with Crippen LogP contribution in [0.3, 0.4) is 0 Å². The Bertz CT molecular complexity index is 511. The van der Waals surface area contributed by atoms with Gasteiger partial charge in [-0.2, -0.15) is 0 Å². The van der Waals surface area contributed by atoms with Gasteiger partial charge in [0, 0.05) is 18.2 Å². The van der Waals surface area contributed by atoms with Gasteiger partial charge in [0.05, 0.1) is 0 Å².